The number of nitrogens with zero attached hydrogens (tertiary/aromatic N) is 2. The molecule has 0 aromatic heterocycles. The van der Waals surface area contributed by atoms with Gasteiger partial charge in [0.25, 0.3) is 0 Å². The van der Waals surface area contributed by atoms with E-state index in [1.165, 1.54) is 25.7 Å². The first kappa shape index (κ1) is 16.6. The zero-order valence-electron chi connectivity index (χ0n) is 14.1. The summed E-state index contributed by atoms with van der Waals surface area (Å²) < 4.78 is 0. The van der Waals surface area contributed by atoms with Crippen molar-refractivity contribution in [3.8, 4) is 5.75 Å². The van der Waals surface area contributed by atoms with Crippen molar-refractivity contribution in [2.24, 2.45) is 4.99 Å². The number of amidine groups is 1. The standard InChI is InChI=1S/C19H28N2O/c1-15-10-7-5-6-8-13-21(15)18(20-4)19(2,3)16-11-9-12-17(22)14-16/h9,11-12,14,22H,1,5-8,10,13H2,2-4H3. The number of allylic oxidation sites excluding steroid dienone is 1. The topological polar surface area (TPSA) is 35.8 Å². The van der Waals surface area contributed by atoms with Crippen molar-refractivity contribution >= 4 is 5.84 Å². The van der Waals surface area contributed by atoms with Crippen LogP contribution in [0.2, 0.25) is 0 Å². The molecule has 0 spiro atoms. The third-order valence-electron chi connectivity index (χ3n) is 4.57. The van der Waals surface area contributed by atoms with Crippen LogP contribution in [-0.4, -0.2) is 29.4 Å². The highest BCUT2D eigenvalue weighted by molar-refractivity contribution is 5.93. The normalized spacial score (nSPS) is 18.0. The first-order valence-corrected chi connectivity index (χ1v) is 8.19. The fraction of sp³-hybridized carbons (Fsp3) is 0.526. The van der Waals surface area contributed by atoms with E-state index in [4.69, 9.17) is 0 Å². The number of rotatable bonds is 2. The van der Waals surface area contributed by atoms with Gasteiger partial charge in [-0.2, -0.15) is 0 Å². The first-order valence-electron chi connectivity index (χ1n) is 8.19. The maximum absolute atomic E-state index is 9.80. The Kier molecular flexibility index (Phi) is 5.28. The molecule has 1 heterocycles. The molecule has 3 heteroatoms. The molecule has 3 nitrogen and oxygen atoms in total. The van der Waals surface area contributed by atoms with Crippen LogP contribution in [0.25, 0.3) is 0 Å². The Bertz CT molecular complexity index is 560. The van der Waals surface area contributed by atoms with Gasteiger partial charge < -0.3 is 10.0 Å². The van der Waals surface area contributed by atoms with E-state index < -0.39 is 0 Å². The summed E-state index contributed by atoms with van der Waals surface area (Å²) in [5, 5.41) is 9.80. The fourth-order valence-corrected chi connectivity index (χ4v) is 3.26. The van der Waals surface area contributed by atoms with Crippen molar-refractivity contribution in [3.63, 3.8) is 0 Å². The third kappa shape index (κ3) is 3.52. The van der Waals surface area contributed by atoms with Crippen LogP contribution in [0, 0.1) is 0 Å². The van der Waals surface area contributed by atoms with Crippen LogP contribution in [-0.2, 0) is 5.41 Å². The molecule has 120 valence electrons. The second kappa shape index (κ2) is 6.99. The van der Waals surface area contributed by atoms with Gasteiger partial charge in [0.15, 0.2) is 0 Å². The number of aromatic hydroxyl groups is 1. The molecule has 0 saturated carbocycles. The molecule has 1 fully saturated rings. The summed E-state index contributed by atoms with van der Waals surface area (Å²) in [6.07, 6.45) is 5.98. The molecule has 1 aliphatic heterocycles. The van der Waals surface area contributed by atoms with Crippen LogP contribution in [0.1, 0.15) is 51.5 Å². The first-order chi connectivity index (χ1) is 10.5. The Hall–Kier alpha value is -1.77. The number of benzene rings is 1. The highest BCUT2D eigenvalue weighted by Gasteiger charge is 2.32. The number of hydrogen-bond donors (Lipinski definition) is 1. The molecule has 22 heavy (non-hydrogen) atoms. The quantitative estimate of drug-likeness (QED) is 0.646. The number of aliphatic imine (C=N–C) groups is 1. The predicted octanol–water partition coefficient (Wildman–Crippen LogP) is 4.48. The van der Waals surface area contributed by atoms with Crippen molar-refractivity contribution in [3.05, 3.63) is 42.1 Å². The Morgan fingerprint density at radius 1 is 1.23 bits per heavy atom. The number of phenolic OH excluding ortho intramolecular Hbond substituents is 1. The van der Waals surface area contributed by atoms with Crippen molar-refractivity contribution in [1.82, 2.24) is 4.90 Å². The summed E-state index contributed by atoms with van der Waals surface area (Å²) >= 11 is 0. The molecular weight excluding hydrogens is 272 g/mol. The van der Waals surface area contributed by atoms with Crippen molar-refractivity contribution in [1.29, 1.82) is 0 Å². The van der Waals surface area contributed by atoms with E-state index in [2.05, 4.69) is 36.4 Å². The molecule has 1 aliphatic rings. The summed E-state index contributed by atoms with van der Waals surface area (Å²) in [5.74, 6) is 1.33. The molecule has 1 aromatic rings. The summed E-state index contributed by atoms with van der Waals surface area (Å²) in [6.45, 7) is 9.59. The maximum Gasteiger partial charge on any atom is 0.115 e. The zero-order valence-corrected chi connectivity index (χ0v) is 14.1. The zero-order chi connectivity index (χ0) is 16.2. The van der Waals surface area contributed by atoms with Crippen molar-refractivity contribution < 1.29 is 5.11 Å². The van der Waals surface area contributed by atoms with E-state index in [1.54, 1.807) is 6.07 Å². The van der Waals surface area contributed by atoms with Gasteiger partial charge in [-0.3, -0.25) is 4.99 Å². The minimum absolute atomic E-state index is 0.268. The molecule has 1 N–H and O–H groups in total. The van der Waals surface area contributed by atoms with Crippen LogP contribution in [0.3, 0.4) is 0 Å². The average molecular weight is 300 g/mol. The molecule has 0 atom stereocenters. The van der Waals surface area contributed by atoms with E-state index in [-0.39, 0.29) is 5.41 Å². The summed E-state index contributed by atoms with van der Waals surface area (Å²) in [6, 6.07) is 7.48. The Morgan fingerprint density at radius 3 is 2.64 bits per heavy atom. The van der Waals surface area contributed by atoms with Crippen LogP contribution >= 0.6 is 0 Å². The highest BCUT2D eigenvalue weighted by atomic mass is 16.3. The monoisotopic (exact) mass is 300 g/mol. The molecule has 2 rings (SSSR count). The van der Waals surface area contributed by atoms with Crippen LogP contribution in [0.5, 0.6) is 5.75 Å². The van der Waals surface area contributed by atoms with E-state index >= 15 is 0 Å². The molecule has 0 radical (unpaired) electrons. The SMILES string of the molecule is C=C1CCCCCCN1C(=NC)C(C)(C)c1cccc(O)c1. The molecule has 0 aliphatic carbocycles. The van der Waals surface area contributed by atoms with Gasteiger partial charge in [0.1, 0.15) is 11.6 Å². The van der Waals surface area contributed by atoms with Gasteiger partial charge in [-0.05, 0) is 50.8 Å². The summed E-state index contributed by atoms with van der Waals surface area (Å²) in [5.41, 5.74) is 1.96. The lowest BCUT2D eigenvalue weighted by Crippen LogP contribution is -2.43. The van der Waals surface area contributed by atoms with E-state index in [0.29, 0.717) is 5.75 Å². The Balaban J connectivity index is 2.34. The summed E-state index contributed by atoms with van der Waals surface area (Å²) in [4.78, 5) is 6.91. The lowest BCUT2D eigenvalue weighted by Gasteiger charge is -2.38. The minimum Gasteiger partial charge on any atom is -0.508 e. The molecule has 0 bridgehead atoms. The van der Waals surface area contributed by atoms with Gasteiger partial charge in [0.2, 0.25) is 0 Å². The fourth-order valence-electron chi connectivity index (χ4n) is 3.26. The van der Waals surface area contributed by atoms with Crippen LogP contribution in [0.4, 0.5) is 0 Å². The molecule has 0 amide bonds. The van der Waals surface area contributed by atoms with Gasteiger partial charge in [0, 0.05) is 24.7 Å². The number of likely N-dealkylation sites (tertiary alicyclic amines) is 1. The van der Waals surface area contributed by atoms with Gasteiger partial charge in [-0.1, -0.05) is 31.6 Å². The summed E-state index contributed by atoms with van der Waals surface area (Å²) in [7, 11) is 1.85. The third-order valence-corrected chi connectivity index (χ3v) is 4.57. The molecule has 0 unspecified atom stereocenters. The van der Waals surface area contributed by atoms with Gasteiger partial charge in [0.05, 0.1) is 0 Å². The smallest absolute Gasteiger partial charge is 0.115 e. The number of hydrogen-bond acceptors (Lipinski definition) is 2. The van der Waals surface area contributed by atoms with E-state index in [1.807, 2.05) is 19.2 Å². The lowest BCUT2D eigenvalue weighted by atomic mass is 9.82. The average Bonchev–Trinajstić information content (AvgIpc) is 2.46. The molecule has 1 saturated heterocycles. The predicted molar refractivity (Wildman–Crippen MR) is 93.4 cm³/mol. The van der Waals surface area contributed by atoms with Crippen LogP contribution in [0.15, 0.2) is 41.5 Å². The second-order valence-corrected chi connectivity index (χ2v) is 6.60. The largest absolute Gasteiger partial charge is 0.508 e. The molecule has 1 aromatic carbocycles. The lowest BCUT2D eigenvalue weighted by molar-refractivity contribution is 0.402. The molecular formula is C19H28N2O. The minimum atomic E-state index is -0.268. The Labute approximate surface area is 134 Å². The number of phenols is 1. The second-order valence-electron chi connectivity index (χ2n) is 6.60. The van der Waals surface area contributed by atoms with Gasteiger partial charge in [-0.25, -0.2) is 0 Å². The van der Waals surface area contributed by atoms with Gasteiger partial charge >= 0.3 is 0 Å². The van der Waals surface area contributed by atoms with Crippen LogP contribution < -0.4 is 0 Å². The highest BCUT2D eigenvalue weighted by Crippen LogP contribution is 2.31. The van der Waals surface area contributed by atoms with Crippen molar-refractivity contribution in [2.75, 3.05) is 13.6 Å². The van der Waals surface area contributed by atoms with E-state index in [9.17, 15) is 5.11 Å². The van der Waals surface area contributed by atoms with E-state index in [0.717, 1.165) is 30.1 Å². The van der Waals surface area contributed by atoms with Crippen molar-refractivity contribution in [2.45, 2.75) is 51.4 Å². The Morgan fingerprint density at radius 2 is 1.95 bits per heavy atom. The maximum atomic E-state index is 9.80. The van der Waals surface area contributed by atoms with Gasteiger partial charge in [-0.15, -0.1) is 0 Å².